The molecule has 17 heteroatoms. The summed E-state index contributed by atoms with van der Waals surface area (Å²) in [5.41, 5.74) is -1.85. The largest absolute Gasteiger partial charge is 0.573 e. The number of likely N-dealkylation sites (N-methyl/N-ethyl adjacent to an activating group) is 1. The van der Waals surface area contributed by atoms with Crippen LogP contribution in [-0.2, 0) is 31.6 Å². The topological polar surface area (TPSA) is 146 Å². The van der Waals surface area contributed by atoms with Gasteiger partial charge in [0.2, 0.25) is 5.91 Å². The molecule has 0 bridgehead atoms. The second-order valence-electron chi connectivity index (χ2n) is 12.3. The van der Waals surface area contributed by atoms with Crippen molar-refractivity contribution in [3.8, 4) is 17.2 Å². The fourth-order valence-electron chi connectivity index (χ4n) is 6.70. The molecule has 280 valence electrons. The van der Waals surface area contributed by atoms with E-state index in [4.69, 9.17) is 21.1 Å². The fourth-order valence-corrected chi connectivity index (χ4v) is 8.43. The van der Waals surface area contributed by atoms with E-state index in [2.05, 4.69) is 4.74 Å². The lowest BCUT2D eigenvalue weighted by atomic mass is 9.80. The molecule has 2 amide bonds. The summed E-state index contributed by atoms with van der Waals surface area (Å²) >= 11 is 6.54. The van der Waals surface area contributed by atoms with E-state index in [1.807, 2.05) is 0 Å². The molecular formula is C35H37ClF3N3O9S. The number of halogens is 4. The zero-order valence-corrected chi connectivity index (χ0v) is 30.1. The average Bonchev–Trinajstić information content (AvgIpc) is 3.59. The highest BCUT2D eigenvalue weighted by Gasteiger charge is 2.64. The molecule has 12 nitrogen and oxygen atoms in total. The number of anilines is 1. The van der Waals surface area contributed by atoms with Crippen LogP contribution in [0.5, 0.6) is 17.2 Å². The van der Waals surface area contributed by atoms with Crippen molar-refractivity contribution in [3.05, 3.63) is 88.5 Å². The first-order valence-corrected chi connectivity index (χ1v) is 17.8. The third kappa shape index (κ3) is 7.05. The predicted octanol–water partition coefficient (Wildman–Crippen LogP) is 4.24. The summed E-state index contributed by atoms with van der Waals surface area (Å²) in [7, 11) is 0.206. The number of hydrogen-bond donors (Lipinski definition) is 2. The lowest BCUT2D eigenvalue weighted by Gasteiger charge is -2.42. The molecular weight excluding hydrogens is 731 g/mol. The first-order valence-electron chi connectivity index (χ1n) is 15.9. The number of aliphatic hydroxyl groups excluding tert-OH is 2. The number of sulfonamides is 1. The van der Waals surface area contributed by atoms with Gasteiger partial charge in [-0.2, -0.15) is 0 Å². The van der Waals surface area contributed by atoms with Gasteiger partial charge in [0.1, 0.15) is 16.4 Å². The van der Waals surface area contributed by atoms with Gasteiger partial charge in [-0.05, 0) is 67.3 Å². The number of fused-ring (bicyclic) bond motifs is 1. The number of amides is 2. The predicted molar refractivity (Wildman–Crippen MR) is 184 cm³/mol. The molecule has 2 aliphatic heterocycles. The second kappa shape index (κ2) is 14.9. The number of likely N-dealkylation sites (tertiary alicyclic amines) is 1. The van der Waals surface area contributed by atoms with E-state index in [0.717, 1.165) is 18.2 Å². The van der Waals surface area contributed by atoms with Crippen molar-refractivity contribution in [2.75, 3.05) is 45.8 Å². The van der Waals surface area contributed by atoms with Gasteiger partial charge in [-0.15, -0.1) is 13.2 Å². The maximum absolute atomic E-state index is 15.5. The number of β-amino-alcohol motifs (C(OH)–C–C–N with tert-alkyl or cyclic N) is 1. The maximum atomic E-state index is 15.5. The lowest BCUT2D eigenvalue weighted by Crippen LogP contribution is -2.59. The van der Waals surface area contributed by atoms with Gasteiger partial charge in [0.15, 0.2) is 11.3 Å². The Hall–Kier alpha value is -4.35. The zero-order valence-electron chi connectivity index (χ0n) is 28.6. The third-order valence-corrected chi connectivity index (χ3v) is 10.8. The summed E-state index contributed by atoms with van der Waals surface area (Å²) < 4.78 is 85.7. The summed E-state index contributed by atoms with van der Waals surface area (Å²) in [6.45, 7) is -0.378. The van der Waals surface area contributed by atoms with Crippen LogP contribution in [0.3, 0.4) is 0 Å². The Morgan fingerprint density at radius 2 is 1.77 bits per heavy atom. The Kier molecular flexibility index (Phi) is 11.2. The van der Waals surface area contributed by atoms with E-state index in [0.29, 0.717) is 22.7 Å². The first kappa shape index (κ1) is 38.9. The van der Waals surface area contributed by atoms with Gasteiger partial charge in [0.05, 0.1) is 32.1 Å². The summed E-state index contributed by atoms with van der Waals surface area (Å²) in [5, 5.41) is 20.4. The Balaban J connectivity index is 1.86. The van der Waals surface area contributed by atoms with Crippen LogP contribution < -0.4 is 18.5 Å². The van der Waals surface area contributed by atoms with Gasteiger partial charge in [-0.25, -0.2) is 12.7 Å². The molecule has 0 radical (unpaired) electrons. The van der Waals surface area contributed by atoms with Crippen molar-refractivity contribution < 1.29 is 55.6 Å². The van der Waals surface area contributed by atoms with Crippen LogP contribution in [0, 0.1) is 0 Å². The van der Waals surface area contributed by atoms with Crippen molar-refractivity contribution in [2.24, 2.45) is 0 Å². The third-order valence-electron chi connectivity index (χ3n) is 8.86. The van der Waals surface area contributed by atoms with Gasteiger partial charge < -0.3 is 29.3 Å². The molecule has 0 saturated carbocycles. The molecule has 1 unspecified atom stereocenters. The number of carbonyl (C=O) groups is 2. The molecule has 0 aliphatic carbocycles. The number of nitrogens with zero attached hydrogens (tertiary/aromatic N) is 3. The molecule has 0 aromatic heterocycles. The van der Waals surface area contributed by atoms with Gasteiger partial charge in [0.25, 0.3) is 15.9 Å². The Labute approximate surface area is 303 Å². The van der Waals surface area contributed by atoms with E-state index in [1.165, 1.54) is 56.3 Å². The number of carbonyl (C=O) groups excluding carboxylic acids is 2. The molecule has 1 fully saturated rings. The zero-order chi connectivity index (χ0) is 38.2. The van der Waals surface area contributed by atoms with E-state index in [-0.39, 0.29) is 52.9 Å². The van der Waals surface area contributed by atoms with Gasteiger partial charge >= 0.3 is 6.36 Å². The minimum atomic E-state index is -5.33. The molecule has 2 heterocycles. The number of hydrogen-bond acceptors (Lipinski definition) is 10. The first-order chi connectivity index (χ1) is 24.5. The molecule has 1 saturated heterocycles. The van der Waals surface area contributed by atoms with E-state index in [1.54, 1.807) is 30.4 Å². The van der Waals surface area contributed by atoms with Crippen molar-refractivity contribution in [1.82, 2.24) is 9.80 Å². The second-order valence-corrected chi connectivity index (χ2v) is 14.5. The van der Waals surface area contributed by atoms with Crippen LogP contribution in [0.4, 0.5) is 18.9 Å². The van der Waals surface area contributed by atoms with Crippen molar-refractivity contribution in [1.29, 1.82) is 0 Å². The minimum absolute atomic E-state index is 0.0303. The van der Waals surface area contributed by atoms with Gasteiger partial charge in [0, 0.05) is 49.5 Å². The quantitative estimate of drug-likeness (QED) is 0.257. The summed E-state index contributed by atoms with van der Waals surface area (Å²) in [6, 6.07) is 10.3. The molecule has 0 spiro atoms. The summed E-state index contributed by atoms with van der Waals surface area (Å²) in [6.07, 6.45) is -2.39. The van der Waals surface area contributed by atoms with Crippen LogP contribution in [0.25, 0.3) is 0 Å². The summed E-state index contributed by atoms with van der Waals surface area (Å²) in [5.74, 6) is -2.91. The molecule has 3 atom stereocenters. The standard InChI is InChI=1S/C35H37ClF3N3O9S/c1-40(2)32(45)28-18-23(44)20-41(28)34(26-16-21(8-6-5-7-15-43)9-13-29(26)50-4)25-17-22(36)10-12-27(25)42(33(34)46)52(47,48)31-14-11-24(49-3)19-30(31)51-35(37,38)39/h5-6,9-14,16-17,19,23,28,43-44H,7-8,15,18,20H2,1-4H3/b6-5+/t23-,28+,34?/m1/s1. The number of aliphatic hydroxyl groups is 2. The molecule has 3 aromatic rings. The van der Waals surface area contributed by atoms with E-state index in [9.17, 15) is 36.6 Å². The maximum Gasteiger partial charge on any atom is 0.573 e. The number of ether oxygens (including phenoxy) is 3. The molecule has 2 aliphatic rings. The van der Waals surface area contributed by atoms with Gasteiger partial charge in [-0.1, -0.05) is 29.8 Å². The van der Waals surface area contributed by atoms with Crippen LogP contribution >= 0.6 is 11.6 Å². The van der Waals surface area contributed by atoms with Crippen LogP contribution in [0.2, 0.25) is 5.02 Å². The minimum Gasteiger partial charge on any atom is -0.497 e. The Morgan fingerprint density at radius 1 is 1.04 bits per heavy atom. The average molecular weight is 768 g/mol. The Morgan fingerprint density at radius 3 is 2.40 bits per heavy atom. The van der Waals surface area contributed by atoms with E-state index < -0.39 is 56.5 Å². The smallest absolute Gasteiger partial charge is 0.497 e. The lowest BCUT2D eigenvalue weighted by molar-refractivity contribution is -0.275. The molecule has 5 rings (SSSR count). The van der Waals surface area contributed by atoms with Crippen molar-refractivity contribution >= 4 is 39.1 Å². The highest BCUT2D eigenvalue weighted by Crippen LogP contribution is 2.55. The van der Waals surface area contributed by atoms with Crippen molar-refractivity contribution in [3.63, 3.8) is 0 Å². The number of alkyl halides is 3. The molecule has 52 heavy (non-hydrogen) atoms. The highest BCUT2D eigenvalue weighted by molar-refractivity contribution is 7.93. The number of rotatable bonds is 12. The summed E-state index contributed by atoms with van der Waals surface area (Å²) in [4.78, 5) is 31.0. The van der Waals surface area contributed by atoms with E-state index >= 15 is 4.79 Å². The SMILES string of the molecule is COc1ccc(S(=O)(=O)N2C(=O)C(c3cc(C/C=C/CCO)ccc3OC)(N3C[C@H](O)C[C@H]3C(=O)N(C)C)c3cc(Cl)ccc32)c(OC(F)(F)F)c1. The molecule has 3 aromatic carbocycles. The van der Waals surface area contributed by atoms with Gasteiger partial charge in [-0.3, -0.25) is 14.5 Å². The van der Waals surface area contributed by atoms with Crippen LogP contribution in [0.1, 0.15) is 29.5 Å². The van der Waals surface area contributed by atoms with Crippen LogP contribution in [0.15, 0.2) is 71.6 Å². The molecule has 2 N–H and O–H groups in total. The highest BCUT2D eigenvalue weighted by atomic mass is 35.5. The number of benzene rings is 3. The Bertz CT molecular complexity index is 1990. The van der Waals surface area contributed by atoms with Crippen LogP contribution in [-0.4, -0.2) is 100 Å². The number of allylic oxidation sites excluding steroid dienone is 1. The monoisotopic (exact) mass is 767 g/mol. The normalized spacial score (nSPS) is 20.7. The fraction of sp³-hybridized carbons (Fsp3) is 0.371. The number of methoxy groups -OCH3 is 2. The van der Waals surface area contributed by atoms with Crippen molar-refractivity contribution in [2.45, 2.75) is 48.2 Å².